The third-order valence-corrected chi connectivity index (χ3v) is 2.82. The van der Waals surface area contributed by atoms with E-state index in [4.69, 9.17) is 0 Å². The number of allylic oxidation sites excluding steroid dienone is 1. The Bertz CT molecular complexity index is 383. The van der Waals surface area contributed by atoms with Crippen molar-refractivity contribution in [3.8, 4) is 0 Å². The summed E-state index contributed by atoms with van der Waals surface area (Å²) in [6.45, 7) is 12.0. The molecule has 0 amide bonds. The van der Waals surface area contributed by atoms with Gasteiger partial charge in [0.2, 0.25) is 0 Å². The Morgan fingerprint density at radius 1 is 1.24 bits per heavy atom. The third-order valence-electron chi connectivity index (χ3n) is 2.82. The van der Waals surface area contributed by atoms with Gasteiger partial charge < -0.3 is 5.32 Å². The Morgan fingerprint density at radius 2 is 1.88 bits per heavy atom. The van der Waals surface area contributed by atoms with Gasteiger partial charge in [-0.15, -0.1) is 0 Å². The largest absolute Gasteiger partial charge is 0.312 e. The van der Waals surface area contributed by atoms with Crippen LogP contribution >= 0.6 is 0 Å². The molecule has 0 heterocycles. The molecule has 1 nitrogen and oxygen atoms in total. The molecule has 0 fully saturated rings. The second-order valence-corrected chi connectivity index (χ2v) is 5.67. The Morgan fingerprint density at radius 3 is 2.47 bits per heavy atom. The molecule has 1 rings (SSSR count). The van der Waals surface area contributed by atoms with Gasteiger partial charge in [0.15, 0.2) is 0 Å². The molecule has 0 saturated heterocycles. The maximum Gasteiger partial charge on any atom is 0.00966 e. The lowest BCUT2D eigenvalue weighted by Gasteiger charge is -2.19. The summed E-state index contributed by atoms with van der Waals surface area (Å²) in [4.78, 5) is 0. The Balaban J connectivity index is 2.53. The van der Waals surface area contributed by atoms with Crippen LogP contribution in [0.4, 0.5) is 0 Å². The number of nitrogens with one attached hydrogen (secondary N) is 1. The Hall–Kier alpha value is -1.08. The zero-order valence-electron chi connectivity index (χ0n) is 11.8. The zero-order chi connectivity index (χ0) is 12.9. The van der Waals surface area contributed by atoms with Gasteiger partial charge in [-0.05, 0) is 64.3 Å². The third kappa shape index (κ3) is 5.18. The van der Waals surface area contributed by atoms with E-state index in [1.807, 2.05) is 0 Å². The monoisotopic (exact) mass is 231 g/mol. The van der Waals surface area contributed by atoms with Crippen molar-refractivity contribution in [3.63, 3.8) is 0 Å². The lowest BCUT2D eigenvalue weighted by Crippen LogP contribution is -2.36. The summed E-state index contributed by atoms with van der Waals surface area (Å²) in [6.07, 6.45) is 3.40. The molecule has 17 heavy (non-hydrogen) atoms. The smallest absolute Gasteiger partial charge is 0.00966 e. The van der Waals surface area contributed by atoms with Crippen molar-refractivity contribution in [2.45, 2.75) is 46.6 Å². The van der Waals surface area contributed by atoms with E-state index in [1.165, 1.54) is 16.7 Å². The molecule has 0 unspecified atom stereocenters. The first-order valence-corrected chi connectivity index (χ1v) is 6.38. The van der Waals surface area contributed by atoms with Crippen LogP contribution < -0.4 is 5.32 Å². The molecule has 1 N–H and O–H groups in total. The minimum Gasteiger partial charge on any atom is -0.312 e. The number of aryl methyl sites for hydroxylation is 1. The van der Waals surface area contributed by atoms with Gasteiger partial charge in [-0.3, -0.25) is 0 Å². The first-order valence-electron chi connectivity index (χ1n) is 6.38. The van der Waals surface area contributed by atoms with Crippen molar-refractivity contribution < 1.29 is 0 Å². The van der Waals surface area contributed by atoms with E-state index in [9.17, 15) is 0 Å². The van der Waals surface area contributed by atoms with Gasteiger partial charge in [0.1, 0.15) is 0 Å². The van der Waals surface area contributed by atoms with Crippen LogP contribution in [0.3, 0.4) is 0 Å². The van der Waals surface area contributed by atoms with Gasteiger partial charge in [0, 0.05) is 5.54 Å². The first kappa shape index (κ1) is 14.0. The predicted molar refractivity (Wildman–Crippen MR) is 77.2 cm³/mol. The molecule has 0 aliphatic carbocycles. The standard InChI is InChI=1S/C16H25N/c1-13-9-6-7-11-15(13)14(2)10-8-12-17-16(3,4)5/h6-7,9-11,17H,8,12H2,1-5H3. The lowest BCUT2D eigenvalue weighted by molar-refractivity contribution is 0.431. The van der Waals surface area contributed by atoms with Gasteiger partial charge in [0.25, 0.3) is 0 Å². The molecule has 1 heteroatoms. The van der Waals surface area contributed by atoms with Crippen molar-refractivity contribution in [2.75, 3.05) is 6.54 Å². The highest BCUT2D eigenvalue weighted by atomic mass is 14.9. The van der Waals surface area contributed by atoms with Gasteiger partial charge in [-0.2, -0.15) is 0 Å². The minimum absolute atomic E-state index is 0.213. The SMILES string of the molecule is CC(=CCCNC(C)(C)C)c1ccccc1C. The van der Waals surface area contributed by atoms with Gasteiger partial charge >= 0.3 is 0 Å². The zero-order valence-corrected chi connectivity index (χ0v) is 11.8. The summed E-state index contributed by atoms with van der Waals surface area (Å²) < 4.78 is 0. The van der Waals surface area contributed by atoms with Gasteiger partial charge in [-0.1, -0.05) is 30.3 Å². The average Bonchev–Trinajstić information content (AvgIpc) is 2.23. The van der Waals surface area contributed by atoms with E-state index in [2.05, 4.69) is 70.3 Å². The quantitative estimate of drug-likeness (QED) is 0.767. The fraction of sp³-hybridized carbons (Fsp3) is 0.500. The summed E-state index contributed by atoms with van der Waals surface area (Å²) in [5.41, 5.74) is 4.30. The van der Waals surface area contributed by atoms with Crippen LogP contribution in [-0.4, -0.2) is 12.1 Å². The molecule has 1 aromatic carbocycles. The van der Waals surface area contributed by atoms with Crippen LogP contribution in [0.2, 0.25) is 0 Å². The fourth-order valence-electron chi connectivity index (χ4n) is 1.86. The maximum atomic E-state index is 3.50. The molecular formula is C16H25N. The molecule has 1 aromatic rings. The second kappa shape index (κ2) is 6.02. The number of hydrogen-bond donors (Lipinski definition) is 1. The molecule has 0 aliphatic heterocycles. The van der Waals surface area contributed by atoms with Crippen molar-refractivity contribution >= 4 is 5.57 Å². The van der Waals surface area contributed by atoms with Crippen LogP contribution in [0.5, 0.6) is 0 Å². The molecule has 0 aromatic heterocycles. The Kier molecular flexibility index (Phi) is 4.95. The van der Waals surface area contributed by atoms with E-state index in [1.54, 1.807) is 0 Å². The molecule has 0 spiro atoms. The number of hydrogen-bond acceptors (Lipinski definition) is 1. The molecule has 0 aliphatic rings. The van der Waals surface area contributed by atoms with E-state index < -0.39 is 0 Å². The van der Waals surface area contributed by atoms with E-state index in [0.29, 0.717) is 0 Å². The topological polar surface area (TPSA) is 12.0 Å². The summed E-state index contributed by atoms with van der Waals surface area (Å²) in [5.74, 6) is 0. The molecule has 0 atom stereocenters. The highest BCUT2D eigenvalue weighted by molar-refractivity contribution is 5.66. The fourth-order valence-corrected chi connectivity index (χ4v) is 1.86. The summed E-state index contributed by atoms with van der Waals surface area (Å²) >= 11 is 0. The second-order valence-electron chi connectivity index (χ2n) is 5.67. The summed E-state index contributed by atoms with van der Waals surface area (Å²) in [6, 6.07) is 8.55. The highest BCUT2D eigenvalue weighted by Gasteiger charge is 2.06. The normalized spacial score (nSPS) is 12.9. The summed E-state index contributed by atoms with van der Waals surface area (Å²) in [5, 5.41) is 3.50. The number of rotatable bonds is 4. The first-order chi connectivity index (χ1) is 7.90. The Labute approximate surface area is 106 Å². The van der Waals surface area contributed by atoms with E-state index in [0.717, 1.165) is 13.0 Å². The number of benzene rings is 1. The van der Waals surface area contributed by atoms with E-state index >= 15 is 0 Å². The van der Waals surface area contributed by atoms with E-state index in [-0.39, 0.29) is 5.54 Å². The highest BCUT2D eigenvalue weighted by Crippen LogP contribution is 2.18. The average molecular weight is 231 g/mol. The predicted octanol–water partition coefficient (Wildman–Crippen LogP) is 4.18. The minimum atomic E-state index is 0.213. The van der Waals surface area contributed by atoms with Crippen LogP contribution in [-0.2, 0) is 0 Å². The van der Waals surface area contributed by atoms with Gasteiger partial charge in [-0.25, -0.2) is 0 Å². The van der Waals surface area contributed by atoms with Crippen molar-refractivity contribution in [1.82, 2.24) is 5.32 Å². The molecule has 0 radical (unpaired) electrons. The lowest BCUT2D eigenvalue weighted by atomic mass is 10.0. The molecule has 0 bridgehead atoms. The van der Waals surface area contributed by atoms with Crippen LogP contribution in [0.15, 0.2) is 30.3 Å². The van der Waals surface area contributed by atoms with Crippen LogP contribution in [0.1, 0.15) is 45.2 Å². The van der Waals surface area contributed by atoms with Gasteiger partial charge in [0.05, 0.1) is 0 Å². The van der Waals surface area contributed by atoms with Crippen LogP contribution in [0, 0.1) is 6.92 Å². The van der Waals surface area contributed by atoms with Crippen molar-refractivity contribution in [1.29, 1.82) is 0 Å². The van der Waals surface area contributed by atoms with Crippen molar-refractivity contribution in [3.05, 3.63) is 41.5 Å². The summed E-state index contributed by atoms with van der Waals surface area (Å²) in [7, 11) is 0. The van der Waals surface area contributed by atoms with Crippen LogP contribution in [0.25, 0.3) is 5.57 Å². The molecule has 94 valence electrons. The molecular weight excluding hydrogens is 206 g/mol. The van der Waals surface area contributed by atoms with Crippen molar-refractivity contribution in [2.24, 2.45) is 0 Å². The molecule has 0 saturated carbocycles. The maximum absolute atomic E-state index is 3.50.